The number of hydrogen-bond acceptors (Lipinski definition) is 3. The Labute approximate surface area is 138 Å². The number of fused-ring (bicyclic) bond motifs is 5. The number of rotatable bonds is 3. The van der Waals surface area contributed by atoms with E-state index in [1.807, 2.05) is 12.2 Å². The second-order valence-corrected chi connectivity index (χ2v) is 6.77. The van der Waals surface area contributed by atoms with Gasteiger partial charge in [0.25, 0.3) is 0 Å². The largest absolute Gasteiger partial charge is 0.324 e. The number of nitrogens with zero attached hydrogens (tertiary/aromatic N) is 1. The molecule has 5 nitrogen and oxygen atoms in total. The highest BCUT2D eigenvalue weighted by Crippen LogP contribution is 2.52. The first-order valence-electron chi connectivity index (χ1n) is 8.05. The number of allylic oxidation sites excluding steroid dienone is 2. The average Bonchev–Trinajstić information content (AvgIpc) is 3.21. The first-order chi connectivity index (χ1) is 11.5. The number of anilines is 1. The first-order valence-corrected chi connectivity index (χ1v) is 8.05. The van der Waals surface area contributed by atoms with E-state index in [2.05, 4.69) is 5.32 Å². The summed E-state index contributed by atoms with van der Waals surface area (Å²) < 4.78 is 13.5. The quantitative estimate of drug-likeness (QED) is 0.680. The number of likely N-dealkylation sites (tertiary alicyclic amines) is 1. The summed E-state index contributed by atoms with van der Waals surface area (Å²) in [6.45, 7) is 1.31. The van der Waals surface area contributed by atoms with Gasteiger partial charge in [-0.3, -0.25) is 19.3 Å². The zero-order valence-electron chi connectivity index (χ0n) is 13.2. The number of amides is 3. The third-order valence-electron chi connectivity index (χ3n) is 5.32. The van der Waals surface area contributed by atoms with Crippen molar-refractivity contribution in [2.75, 3.05) is 11.9 Å². The Hall–Kier alpha value is -2.50. The van der Waals surface area contributed by atoms with E-state index in [0.29, 0.717) is 11.3 Å². The van der Waals surface area contributed by atoms with Gasteiger partial charge in [-0.1, -0.05) is 18.2 Å². The highest BCUT2D eigenvalue weighted by molar-refractivity contribution is 6.09. The van der Waals surface area contributed by atoms with Crippen LogP contribution >= 0.6 is 0 Å². The van der Waals surface area contributed by atoms with Gasteiger partial charge in [-0.2, -0.15) is 0 Å². The van der Waals surface area contributed by atoms with Crippen LogP contribution in [-0.4, -0.2) is 29.2 Å². The number of hydrogen-bond donors (Lipinski definition) is 1. The SMILES string of the molecule is Cc1ccc(NC(=O)CN2C(=O)[C@@H]3[C@H](C2=O)[C@H]2C=C[C@H]3C2)cc1F. The summed E-state index contributed by atoms with van der Waals surface area (Å²) in [5.41, 5.74) is 0.790. The van der Waals surface area contributed by atoms with Gasteiger partial charge >= 0.3 is 0 Å². The molecule has 4 rings (SSSR count). The molecule has 1 aliphatic heterocycles. The van der Waals surface area contributed by atoms with Crippen LogP contribution in [0.1, 0.15) is 12.0 Å². The lowest BCUT2D eigenvalue weighted by Crippen LogP contribution is -2.39. The number of benzene rings is 1. The van der Waals surface area contributed by atoms with Crippen LogP contribution in [0.3, 0.4) is 0 Å². The van der Waals surface area contributed by atoms with Crippen LogP contribution in [0, 0.1) is 36.4 Å². The molecule has 1 aromatic rings. The Kier molecular flexibility index (Phi) is 3.30. The normalized spacial score (nSPS) is 30.2. The molecule has 0 unspecified atom stereocenters. The highest BCUT2D eigenvalue weighted by atomic mass is 19.1. The lowest BCUT2D eigenvalue weighted by atomic mass is 9.85. The number of aryl methyl sites for hydroxylation is 1. The van der Waals surface area contributed by atoms with Crippen molar-refractivity contribution in [3.05, 3.63) is 41.7 Å². The molecule has 0 aromatic heterocycles. The van der Waals surface area contributed by atoms with Gasteiger partial charge in [-0.25, -0.2) is 4.39 Å². The molecule has 2 bridgehead atoms. The van der Waals surface area contributed by atoms with Gasteiger partial charge in [0.2, 0.25) is 17.7 Å². The molecule has 2 aliphatic carbocycles. The average molecular weight is 328 g/mol. The van der Waals surface area contributed by atoms with Crippen molar-refractivity contribution in [3.8, 4) is 0 Å². The predicted octanol–water partition coefficient (Wildman–Crippen LogP) is 1.88. The number of imide groups is 1. The molecule has 124 valence electrons. The van der Waals surface area contributed by atoms with E-state index in [9.17, 15) is 18.8 Å². The van der Waals surface area contributed by atoms with Crippen LogP contribution in [0.2, 0.25) is 0 Å². The van der Waals surface area contributed by atoms with Gasteiger partial charge in [-0.05, 0) is 42.9 Å². The molecule has 3 aliphatic rings. The van der Waals surface area contributed by atoms with Crippen LogP contribution in [0.4, 0.5) is 10.1 Å². The lowest BCUT2D eigenvalue weighted by molar-refractivity contribution is -0.143. The van der Waals surface area contributed by atoms with Crippen LogP contribution in [0.25, 0.3) is 0 Å². The Morgan fingerprint density at radius 2 is 1.83 bits per heavy atom. The van der Waals surface area contributed by atoms with E-state index in [4.69, 9.17) is 0 Å². The fraction of sp³-hybridized carbons (Fsp3) is 0.389. The zero-order chi connectivity index (χ0) is 17.0. The molecular weight excluding hydrogens is 311 g/mol. The van der Waals surface area contributed by atoms with Crippen LogP contribution in [-0.2, 0) is 14.4 Å². The number of carbonyl (C=O) groups is 3. The van der Waals surface area contributed by atoms with Crippen LogP contribution in [0.5, 0.6) is 0 Å². The number of halogens is 1. The predicted molar refractivity (Wildman–Crippen MR) is 84.2 cm³/mol. The maximum atomic E-state index is 13.5. The molecule has 1 saturated heterocycles. The van der Waals surface area contributed by atoms with Crippen molar-refractivity contribution in [2.45, 2.75) is 13.3 Å². The smallest absolute Gasteiger partial charge is 0.244 e. The molecule has 1 N–H and O–H groups in total. The highest BCUT2D eigenvalue weighted by Gasteiger charge is 2.59. The summed E-state index contributed by atoms with van der Waals surface area (Å²) in [6.07, 6.45) is 4.88. The summed E-state index contributed by atoms with van der Waals surface area (Å²) in [5.74, 6) is -1.81. The molecule has 6 heteroatoms. The van der Waals surface area contributed by atoms with E-state index in [0.717, 1.165) is 11.3 Å². The van der Waals surface area contributed by atoms with Gasteiger partial charge in [0.05, 0.1) is 11.8 Å². The fourth-order valence-electron chi connectivity index (χ4n) is 4.13. The van der Waals surface area contributed by atoms with Gasteiger partial charge in [0, 0.05) is 5.69 Å². The maximum absolute atomic E-state index is 13.5. The van der Waals surface area contributed by atoms with Crippen molar-refractivity contribution in [2.24, 2.45) is 23.7 Å². The summed E-state index contributed by atoms with van der Waals surface area (Å²) in [7, 11) is 0. The molecule has 0 radical (unpaired) electrons. The first kappa shape index (κ1) is 15.1. The van der Waals surface area contributed by atoms with Gasteiger partial charge in [0.1, 0.15) is 12.4 Å². The molecule has 3 amide bonds. The molecule has 1 saturated carbocycles. The van der Waals surface area contributed by atoms with Gasteiger partial charge in [-0.15, -0.1) is 0 Å². The summed E-state index contributed by atoms with van der Waals surface area (Å²) >= 11 is 0. The molecule has 1 aromatic carbocycles. The van der Waals surface area contributed by atoms with Crippen molar-refractivity contribution >= 4 is 23.4 Å². The Balaban J connectivity index is 1.46. The molecule has 4 atom stereocenters. The van der Waals surface area contributed by atoms with Crippen molar-refractivity contribution in [1.29, 1.82) is 0 Å². The minimum Gasteiger partial charge on any atom is -0.324 e. The van der Waals surface area contributed by atoms with E-state index >= 15 is 0 Å². The summed E-state index contributed by atoms with van der Waals surface area (Å²) in [4.78, 5) is 38.2. The van der Waals surface area contributed by atoms with E-state index in [-0.39, 0.29) is 42.0 Å². The minimum atomic E-state index is -0.500. The molecule has 0 spiro atoms. The molecule has 2 fully saturated rings. The summed E-state index contributed by atoms with van der Waals surface area (Å²) in [5, 5.41) is 2.54. The Morgan fingerprint density at radius 3 is 2.42 bits per heavy atom. The maximum Gasteiger partial charge on any atom is 0.244 e. The standard InChI is InChI=1S/C18H17FN2O3/c1-9-2-5-12(7-13(9)19)20-14(22)8-21-17(23)15-10-3-4-11(6-10)16(15)18(21)24/h2-5,7,10-11,15-16H,6,8H2,1H3,(H,20,22)/t10-,11-,15-,16+/m0/s1. The number of carbonyl (C=O) groups excluding carboxylic acids is 3. The second kappa shape index (κ2) is 5.26. The second-order valence-electron chi connectivity index (χ2n) is 6.77. The van der Waals surface area contributed by atoms with Gasteiger partial charge < -0.3 is 5.32 Å². The summed E-state index contributed by atoms with van der Waals surface area (Å²) in [6, 6.07) is 4.37. The van der Waals surface area contributed by atoms with E-state index in [1.54, 1.807) is 19.1 Å². The van der Waals surface area contributed by atoms with Crippen LogP contribution < -0.4 is 5.32 Å². The molecule has 24 heavy (non-hydrogen) atoms. The topological polar surface area (TPSA) is 66.5 Å². The zero-order valence-corrected chi connectivity index (χ0v) is 13.2. The van der Waals surface area contributed by atoms with Crippen LogP contribution in [0.15, 0.2) is 30.4 Å². The van der Waals surface area contributed by atoms with Crippen molar-refractivity contribution in [3.63, 3.8) is 0 Å². The van der Waals surface area contributed by atoms with E-state index in [1.165, 1.54) is 6.07 Å². The lowest BCUT2D eigenvalue weighted by Gasteiger charge is -2.17. The Bertz CT molecular complexity index is 758. The third kappa shape index (κ3) is 2.17. The van der Waals surface area contributed by atoms with E-state index < -0.39 is 11.7 Å². The fourth-order valence-corrected chi connectivity index (χ4v) is 4.13. The Morgan fingerprint density at radius 1 is 1.21 bits per heavy atom. The number of nitrogens with one attached hydrogen (secondary N) is 1. The molecular formula is C18H17FN2O3. The van der Waals surface area contributed by atoms with Gasteiger partial charge in [0.15, 0.2) is 0 Å². The monoisotopic (exact) mass is 328 g/mol. The molecule has 1 heterocycles. The third-order valence-corrected chi connectivity index (χ3v) is 5.32. The van der Waals surface area contributed by atoms with Crippen molar-refractivity contribution < 1.29 is 18.8 Å². The minimum absolute atomic E-state index is 0.121. The van der Waals surface area contributed by atoms with Crippen molar-refractivity contribution in [1.82, 2.24) is 4.90 Å².